The highest BCUT2D eigenvalue weighted by Gasteiger charge is 2.28. The van der Waals surface area contributed by atoms with Crippen LogP contribution in [0.4, 0.5) is 11.5 Å². The third-order valence-corrected chi connectivity index (χ3v) is 6.61. The van der Waals surface area contributed by atoms with Crippen LogP contribution in [0, 0.1) is 11.3 Å². The van der Waals surface area contributed by atoms with Crippen LogP contribution in [0.1, 0.15) is 34.1 Å². The molecule has 1 saturated heterocycles. The Balaban J connectivity index is 1.30. The molecule has 2 aliphatic heterocycles. The van der Waals surface area contributed by atoms with Gasteiger partial charge in [-0.05, 0) is 23.8 Å². The van der Waals surface area contributed by atoms with Crippen LogP contribution in [-0.4, -0.2) is 70.5 Å². The minimum absolute atomic E-state index is 0.156. The fraction of sp³-hybridized carbons (Fsp3) is 0.286. The maximum absolute atomic E-state index is 13.3. The number of fused-ring (bicyclic) bond motifs is 1. The molecule has 2 aliphatic rings. The zero-order valence-corrected chi connectivity index (χ0v) is 20.8. The lowest BCUT2D eigenvalue weighted by Gasteiger charge is -2.34. The zero-order chi connectivity index (χ0) is 25.8. The number of rotatable bonds is 7. The number of nitriles is 1. The number of nitrogens with one attached hydrogen (secondary N) is 2. The van der Waals surface area contributed by atoms with Crippen LogP contribution in [0.5, 0.6) is 0 Å². The number of hydrogen-bond acceptors (Lipinski definition) is 7. The van der Waals surface area contributed by atoms with Gasteiger partial charge in [0, 0.05) is 57.4 Å². The Hall–Kier alpha value is -4.26. The maximum Gasteiger partial charge on any atom is 0.221 e. The van der Waals surface area contributed by atoms with E-state index in [0.717, 1.165) is 44.0 Å². The molecule has 9 nitrogen and oxygen atoms in total. The van der Waals surface area contributed by atoms with Gasteiger partial charge in [-0.25, -0.2) is 4.68 Å². The van der Waals surface area contributed by atoms with Gasteiger partial charge in [0.25, 0.3) is 0 Å². The number of nitrogens with zero attached hydrogens (tertiary/aromatic N) is 5. The number of aromatic nitrogens is 2. The van der Waals surface area contributed by atoms with Gasteiger partial charge in [-0.3, -0.25) is 19.4 Å². The number of amides is 1. The van der Waals surface area contributed by atoms with E-state index < -0.39 is 0 Å². The molecular formula is C28H29N7O2. The molecule has 0 unspecified atom stereocenters. The van der Waals surface area contributed by atoms with Gasteiger partial charge in [0.1, 0.15) is 23.1 Å². The van der Waals surface area contributed by atoms with Gasteiger partial charge in [0.15, 0.2) is 5.78 Å². The SMILES string of the molecule is CC(=O)Nc1cccc(C2=CCNc3c(C#N)c(C(=O)CN4CCN(Cc5ccccc5)CC4)nn32)c1. The Morgan fingerprint density at radius 3 is 2.54 bits per heavy atom. The summed E-state index contributed by atoms with van der Waals surface area (Å²) in [6.07, 6.45) is 1.95. The second kappa shape index (κ2) is 10.8. The van der Waals surface area contributed by atoms with E-state index >= 15 is 0 Å². The van der Waals surface area contributed by atoms with Crippen molar-refractivity contribution in [3.8, 4) is 6.07 Å². The second-order valence-corrected chi connectivity index (χ2v) is 9.29. The first kappa shape index (κ1) is 24.4. The van der Waals surface area contributed by atoms with E-state index in [-0.39, 0.29) is 29.5 Å². The number of hydrogen-bond donors (Lipinski definition) is 2. The molecule has 1 fully saturated rings. The molecule has 0 spiro atoms. The Bertz CT molecular complexity index is 1380. The average Bonchev–Trinajstić information content (AvgIpc) is 3.29. The van der Waals surface area contributed by atoms with Crippen LogP contribution >= 0.6 is 0 Å². The molecule has 5 rings (SSSR count). The quantitative estimate of drug-likeness (QED) is 0.485. The monoisotopic (exact) mass is 495 g/mol. The minimum Gasteiger partial charge on any atom is -0.365 e. The summed E-state index contributed by atoms with van der Waals surface area (Å²) in [7, 11) is 0. The van der Waals surface area contributed by atoms with Crippen molar-refractivity contribution in [2.75, 3.05) is 49.9 Å². The van der Waals surface area contributed by atoms with Gasteiger partial charge < -0.3 is 10.6 Å². The third kappa shape index (κ3) is 5.45. The number of Topliss-reactive ketones (excluding diaryl/α,β-unsaturated/α-hetero) is 1. The lowest BCUT2D eigenvalue weighted by Crippen LogP contribution is -2.47. The van der Waals surface area contributed by atoms with E-state index in [1.165, 1.54) is 12.5 Å². The Morgan fingerprint density at radius 2 is 1.81 bits per heavy atom. The van der Waals surface area contributed by atoms with Crippen molar-refractivity contribution in [1.82, 2.24) is 19.6 Å². The van der Waals surface area contributed by atoms with Crippen LogP contribution in [0.2, 0.25) is 0 Å². The number of carbonyl (C=O) groups is 2. The van der Waals surface area contributed by atoms with E-state index in [9.17, 15) is 14.9 Å². The maximum atomic E-state index is 13.3. The number of benzene rings is 2. The summed E-state index contributed by atoms with van der Waals surface area (Å²) >= 11 is 0. The number of ketones is 1. The van der Waals surface area contributed by atoms with Crippen molar-refractivity contribution in [2.45, 2.75) is 13.5 Å². The van der Waals surface area contributed by atoms with Crippen molar-refractivity contribution in [3.63, 3.8) is 0 Å². The fourth-order valence-electron chi connectivity index (χ4n) is 4.81. The summed E-state index contributed by atoms with van der Waals surface area (Å²) in [5, 5.41) is 20.5. The summed E-state index contributed by atoms with van der Waals surface area (Å²) < 4.78 is 1.62. The van der Waals surface area contributed by atoms with Gasteiger partial charge in [-0.15, -0.1) is 0 Å². The molecule has 0 radical (unpaired) electrons. The van der Waals surface area contributed by atoms with E-state index in [1.54, 1.807) is 4.68 Å². The lowest BCUT2D eigenvalue weighted by atomic mass is 10.1. The van der Waals surface area contributed by atoms with Crippen molar-refractivity contribution in [2.24, 2.45) is 0 Å². The largest absolute Gasteiger partial charge is 0.365 e. The van der Waals surface area contributed by atoms with Gasteiger partial charge in [0.2, 0.25) is 5.91 Å². The molecule has 2 aromatic carbocycles. The van der Waals surface area contributed by atoms with E-state index in [2.05, 4.69) is 55.9 Å². The first-order chi connectivity index (χ1) is 18.0. The van der Waals surface area contributed by atoms with Crippen LogP contribution in [0.15, 0.2) is 60.7 Å². The average molecular weight is 496 g/mol. The lowest BCUT2D eigenvalue weighted by molar-refractivity contribution is -0.114. The predicted molar refractivity (Wildman–Crippen MR) is 142 cm³/mol. The van der Waals surface area contributed by atoms with Crippen molar-refractivity contribution < 1.29 is 9.59 Å². The first-order valence-corrected chi connectivity index (χ1v) is 12.4. The van der Waals surface area contributed by atoms with Crippen molar-refractivity contribution in [3.05, 3.63) is 83.1 Å². The van der Waals surface area contributed by atoms with Crippen LogP contribution in [0.25, 0.3) is 5.70 Å². The summed E-state index contributed by atoms with van der Waals surface area (Å²) in [5.74, 6) is 0.195. The summed E-state index contributed by atoms with van der Waals surface area (Å²) in [4.78, 5) is 29.3. The molecule has 2 N–H and O–H groups in total. The Morgan fingerprint density at radius 1 is 1.05 bits per heavy atom. The molecular weight excluding hydrogens is 466 g/mol. The molecule has 3 heterocycles. The van der Waals surface area contributed by atoms with E-state index in [0.29, 0.717) is 18.1 Å². The predicted octanol–water partition coefficient (Wildman–Crippen LogP) is 3.03. The molecule has 1 aromatic heterocycles. The van der Waals surface area contributed by atoms with E-state index in [4.69, 9.17) is 0 Å². The smallest absolute Gasteiger partial charge is 0.221 e. The standard InChI is InChI=1S/C28H29N7O2/c1-20(36)31-23-9-5-8-22(16-23)25-10-11-30-28-24(17-29)27(32-35(25)28)26(37)19-34-14-12-33(13-15-34)18-21-6-3-2-4-7-21/h2-10,16,30H,11-15,18-19H2,1H3,(H,31,36). The Labute approximate surface area is 216 Å². The van der Waals surface area contributed by atoms with Crippen LogP contribution < -0.4 is 10.6 Å². The topological polar surface area (TPSA) is 106 Å². The minimum atomic E-state index is -0.164. The van der Waals surface area contributed by atoms with Gasteiger partial charge in [-0.1, -0.05) is 42.5 Å². The molecule has 0 bridgehead atoms. The summed E-state index contributed by atoms with van der Waals surface area (Å²) in [6.45, 7) is 6.42. The summed E-state index contributed by atoms with van der Waals surface area (Å²) in [6, 6.07) is 20.0. The van der Waals surface area contributed by atoms with Crippen molar-refractivity contribution in [1.29, 1.82) is 5.26 Å². The zero-order valence-electron chi connectivity index (χ0n) is 20.8. The highest BCUT2D eigenvalue weighted by atomic mass is 16.1. The molecule has 0 aliphatic carbocycles. The second-order valence-electron chi connectivity index (χ2n) is 9.29. The molecule has 188 valence electrons. The molecule has 1 amide bonds. The fourth-order valence-corrected chi connectivity index (χ4v) is 4.81. The summed E-state index contributed by atoms with van der Waals surface area (Å²) in [5.41, 5.74) is 3.98. The van der Waals surface area contributed by atoms with Crippen molar-refractivity contribution >= 4 is 28.9 Å². The van der Waals surface area contributed by atoms with Gasteiger partial charge in [0.05, 0.1) is 12.2 Å². The molecule has 0 atom stereocenters. The molecule has 3 aromatic rings. The van der Waals surface area contributed by atoms with Gasteiger partial charge >= 0.3 is 0 Å². The molecule has 37 heavy (non-hydrogen) atoms. The number of carbonyl (C=O) groups excluding carboxylic acids is 2. The van der Waals surface area contributed by atoms with E-state index in [1.807, 2.05) is 36.4 Å². The molecule has 0 saturated carbocycles. The number of piperazine rings is 1. The highest BCUT2D eigenvalue weighted by Crippen LogP contribution is 2.30. The third-order valence-electron chi connectivity index (χ3n) is 6.61. The normalized spacial score (nSPS) is 15.7. The first-order valence-electron chi connectivity index (χ1n) is 12.4. The Kier molecular flexibility index (Phi) is 7.12. The van der Waals surface area contributed by atoms with Crippen LogP contribution in [-0.2, 0) is 11.3 Å². The molecule has 9 heteroatoms. The number of anilines is 2. The highest BCUT2D eigenvalue weighted by molar-refractivity contribution is 6.00. The van der Waals surface area contributed by atoms with Crippen LogP contribution in [0.3, 0.4) is 0 Å². The van der Waals surface area contributed by atoms with Gasteiger partial charge in [-0.2, -0.15) is 10.4 Å².